The summed E-state index contributed by atoms with van der Waals surface area (Å²) in [5, 5.41) is 4.28. The van der Waals surface area contributed by atoms with E-state index in [1.807, 2.05) is 0 Å². The van der Waals surface area contributed by atoms with Crippen LogP contribution in [0.2, 0.25) is 0 Å². The number of methoxy groups -OCH3 is 3. The number of rotatable bonds is 5. The molecule has 0 radical (unpaired) electrons. The van der Waals surface area contributed by atoms with E-state index in [-0.39, 0.29) is 5.82 Å². The molecule has 0 fully saturated rings. The van der Waals surface area contributed by atoms with Gasteiger partial charge in [-0.2, -0.15) is 22.7 Å². The van der Waals surface area contributed by atoms with Crippen LogP contribution in [-0.2, 0) is 6.18 Å². The quantitative estimate of drug-likeness (QED) is 0.452. The van der Waals surface area contributed by atoms with Gasteiger partial charge in [0.2, 0.25) is 10.7 Å². The number of thiazole rings is 1. The van der Waals surface area contributed by atoms with Crippen molar-refractivity contribution >= 4 is 22.4 Å². The molecule has 4 rings (SSSR count). The van der Waals surface area contributed by atoms with Crippen molar-refractivity contribution in [3.63, 3.8) is 0 Å². The number of hydrogen-bond donors (Lipinski definition) is 0. The Morgan fingerprint density at radius 3 is 2.12 bits per heavy atom. The minimum absolute atomic E-state index is 0.286. The third-order valence-electron chi connectivity index (χ3n) is 4.64. The number of halogens is 3. The number of aromatic nitrogens is 3. The first kappa shape index (κ1) is 21.6. The van der Waals surface area contributed by atoms with Gasteiger partial charge < -0.3 is 14.2 Å². The molecule has 0 spiro atoms. The summed E-state index contributed by atoms with van der Waals surface area (Å²) < 4.78 is 55.6. The highest BCUT2D eigenvalue weighted by atomic mass is 32.1. The number of hydrogen-bond acceptors (Lipinski definition) is 7. The third kappa shape index (κ3) is 3.86. The molecule has 32 heavy (non-hydrogen) atoms. The maximum atomic E-state index is 12.7. The fraction of sp³-hybridized carbons (Fsp3) is 0.190. The lowest BCUT2D eigenvalue weighted by molar-refractivity contribution is -0.137. The van der Waals surface area contributed by atoms with E-state index in [2.05, 4.69) is 10.1 Å². The molecule has 11 heteroatoms. The van der Waals surface area contributed by atoms with Crippen molar-refractivity contribution in [3.05, 3.63) is 62.4 Å². The molecule has 4 aromatic rings. The molecule has 0 bridgehead atoms. The zero-order valence-corrected chi connectivity index (χ0v) is 17.9. The van der Waals surface area contributed by atoms with Crippen LogP contribution in [0.25, 0.3) is 22.4 Å². The number of benzene rings is 2. The first-order chi connectivity index (χ1) is 15.2. The second-order valence-electron chi connectivity index (χ2n) is 6.58. The fourth-order valence-corrected chi connectivity index (χ4v) is 3.99. The third-order valence-corrected chi connectivity index (χ3v) is 5.60. The van der Waals surface area contributed by atoms with Gasteiger partial charge >= 0.3 is 6.18 Å². The van der Waals surface area contributed by atoms with Gasteiger partial charge in [-0.05, 0) is 35.9 Å². The van der Waals surface area contributed by atoms with Crippen LogP contribution in [0.5, 0.6) is 17.2 Å². The average molecular weight is 463 g/mol. The van der Waals surface area contributed by atoms with Crippen LogP contribution < -0.4 is 24.3 Å². The average Bonchev–Trinajstić information content (AvgIpc) is 3.31. The van der Waals surface area contributed by atoms with Gasteiger partial charge in [0.05, 0.1) is 31.4 Å². The van der Waals surface area contributed by atoms with E-state index in [0.29, 0.717) is 37.9 Å². The fourth-order valence-electron chi connectivity index (χ4n) is 3.09. The van der Waals surface area contributed by atoms with Gasteiger partial charge in [0, 0.05) is 5.56 Å². The second-order valence-corrected chi connectivity index (χ2v) is 7.59. The van der Waals surface area contributed by atoms with E-state index < -0.39 is 17.3 Å². The van der Waals surface area contributed by atoms with Crippen LogP contribution in [0.15, 0.2) is 41.2 Å². The highest BCUT2D eigenvalue weighted by molar-refractivity contribution is 7.15. The molecule has 0 aliphatic carbocycles. The van der Waals surface area contributed by atoms with E-state index in [4.69, 9.17) is 14.2 Å². The summed E-state index contributed by atoms with van der Waals surface area (Å²) in [5.41, 5.74) is -0.154. The molecular formula is C21H16F3N3O4S. The van der Waals surface area contributed by atoms with Gasteiger partial charge in [0.15, 0.2) is 17.3 Å². The molecule has 7 nitrogen and oxygen atoms in total. The molecular weight excluding hydrogens is 447 g/mol. The summed E-state index contributed by atoms with van der Waals surface area (Å²) in [7, 11) is 4.46. The lowest BCUT2D eigenvalue weighted by Gasteiger charge is -2.12. The Bertz CT molecular complexity index is 1370. The Balaban J connectivity index is 1.74. The van der Waals surface area contributed by atoms with Crippen LogP contribution in [-0.4, -0.2) is 35.9 Å². The second kappa shape index (κ2) is 8.15. The van der Waals surface area contributed by atoms with Crippen LogP contribution in [0.4, 0.5) is 13.2 Å². The summed E-state index contributed by atoms with van der Waals surface area (Å²) in [6.07, 6.45) is -2.92. The first-order valence-electron chi connectivity index (χ1n) is 9.14. The molecule has 0 amide bonds. The normalized spacial score (nSPS) is 12.4. The summed E-state index contributed by atoms with van der Waals surface area (Å²) in [5.74, 6) is 1.53. The minimum atomic E-state index is -4.42. The maximum absolute atomic E-state index is 12.7. The summed E-state index contributed by atoms with van der Waals surface area (Å²) in [4.78, 5) is 17.5. The Labute approximate surface area is 183 Å². The van der Waals surface area contributed by atoms with E-state index in [1.54, 1.807) is 12.1 Å². The summed E-state index contributed by atoms with van der Waals surface area (Å²) in [6, 6.07) is 7.88. The maximum Gasteiger partial charge on any atom is 0.416 e. The first-order valence-corrected chi connectivity index (χ1v) is 9.95. The van der Waals surface area contributed by atoms with Crippen molar-refractivity contribution in [1.29, 1.82) is 0 Å². The number of ether oxygens (including phenoxy) is 3. The molecule has 0 N–H and O–H groups in total. The number of fused-ring (bicyclic) bond motifs is 1. The highest BCUT2D eigenvalue weighted by Crippen LogP contribution is 2.40. The SMILES string of the molecule is COc1cc(-c2nc3s/c(=C\c4ccc(C(F)(F)F)cc4)c(=O)n3n2)cc(OC)c1OC. The summed E-state index contributed by atoms with van der Waals surface area (Å²) in [6.45, 7) is 0. The van der Waals surface area contributed by atoms with E-state index in [1.165, 1.54) is 39.5 Å². The van der Waals surface area contributed by atoms with Gasteiger partial charge in [0.25, 0.3) is 5.56 Å². The molecule has 0 unspecified atom stereocenters. The lowest BCUT2D eigenvalue weighted by Crippen LogP contribution is -2.23. The van der Waals surface area contributed by atoms with Crippen molar-refractivity contribution in [2.45, 2.75) is 6.18 Å². The standard InChI is InChI=1S/C21H16F3N3O4S/c1-29-14-9-12(10-15(30-2)17(14)31-3)18-25-20-27(26-18)19(28)16(32-20)8-11-4-6-13(7-5-11)21(22,23)24/h4-10H,1-3H3/b16-8-. The van der Waals surface area contributed by atoms with Gasteiger partial charge in [-0.1, -0.05) is 23.5 Å². The van der Waals surface area contributed by atoms with Gasteiger partial charge in [-0.25, -0.2) is 0 Å². The van der Waals surface area contributed by atoms with E-state index in [0.717, 1.165) is 28.0 Å². The van der Waals surface area contributed by atoms with Crippen molar-refractivity contribution in [2.75, 3.05) is 21.3 Å². The van der Waals surface area contributed by atoms with Crippen LogP contribution >= 0.6 is 11.3 Å². The summed E-state index contributed by atoms with van der Waals surface area (Å²) >= 11 is 1.08. The molecule has 0 atom stereocenters. The number of alkyl halides is 3. The Hall–Kier alpha value is -3.60. The molecule has 0 aliphatic heterocycles. The molecule has 166 valence electrons. The van der Waals surface area contributed by atoms with Crippen molar-refractivity contribution in [1.82, 2.24) is 14.6 Å². The van der Waals surface area contributed by atoms with Crippen LogP contribution in [0, 0.1) is 0 Å². The van der Waals surface area contributed by atoms with Gasteiger partial charge in [-0.15, -0.1) is 5.10 Å². The Morgan fingerprint density at radius 2 is 1.62 bits per heavy atom. The van der Waals surface area contributed by atoms with Crippen molar-refractivity contribution in [3.8, 4) is 28.6 Å². The van der Waals surface area contributed by atoms with Crippen LogP contribution in [0.1, 0.15) is 11.1 Å². The lowest BCUT2D eigenvalue weighted by atomic mass is 10.1. The molecule has 0 saturated heterocycles. The molecule has 2 aromatic carbocycles. The van der Waals surface area contributed by atoms with E-state index >= 15 is 0 Å². The topological polar surface area (TPSA) is 75.0 Å². The zero-order chi connectivity index (χ0) is 23.0. The molecule has 0 saturated carbocycles. The predicted molar refractivity (Wildman–Crippen MR) is 112 cm³/mol. The zero-order valence-electron chi connectivity index (χ0n) is 17.1. The van der Waals surface area contributed by atoms with Gasteiger partial charge in [0.1, 0.15) is 0 Å². The highest BCUT2D eigenvalue weighted by Gasteiger charge is 2.29. The van der Waals surface area contributed by atoms with Crippen molar-refractivity contribution < 1.29 is 27.4 Å². The smallest absolute Gasteiger partial charge is 0.416 e. The van der Waals surface area contributed by atoms with Gasteiger partial charge in [-0.3, -0.25) is 4.79 Å². The van der Waals surface area contributed by atoms with E-state index in [9.17, 15) is 18.0 Å². The molecule has 2 heterocycles. The molecule has 0 aliphatic rings. The van der Waals surface area contributed by atoms with Crippen molar-refractivity contribution in [2.24, 2.45) is 0 Å². The minimum Gasteiger partial charge on any atom is -0.493 e. The predicted octanol–water partition coefficient (Wildman–Crippen LogP) is 3.41. The van der Waals surface area contributed by atoms with Crippen LogP contribution in [0.3, 0.4) is 0 Å². The largest absolute Gasteiger partial charge is 0.493 e. The number of nitrogens with zero attached hydrogens (tertiary/aromatic N) is 3. The Kier molecular flexibility index (Phi) is 5.51. The Morgan fingerprint density at radius 1 is 1.00 bits per heavy atom. The molecule has 2 aromatic heterocycles. The monoisotopic (exact) mass is 463 g/mol.